The number of aryl methyl sites for hydroxylation is 1. The molecular weight excluding hydrogens is 435 g/mol. The third-order valence-corrected chi connectivity index (χ3v) is 3.65. The molecule has 0 aliphatic carbocycles. The summed E-state index contributed by atoms with van der Waals surface area (Å²) in [6.45, 7) is 4.61. The lowest BCUT2D eigenvalue weighted by molar-refractivity contribution is 0.297. The van der Waals surface area contributed by atoms with Crippen molar-refractivity contribution < 1.29 is 9.47 Å². The Kier molecular flexibility index (Phi) is 7.29. The van der Waals surface area contributed by atoms with Crippen LogP contribution in [0.15, 0.2) is 29.5 Å². The molecular formula is C16H23IN6O2. The summed E-state index contributed by atoms with van der Waals surface area (Å²) in [7, 11) is 0. The summed E-state index contributed by atoms with van der Waals surface area (Å²) < 4.78 is 13.2. The predicted octanol–water partition coefficient (Wildman–Crippen LogP) is 2.05. The lowest BCUT2D eigenvalue weighted by atomic mass is 10.3. The molecule has 0 spiro atoms. The van der Waals surface area contributed by atoms with Gasteiger partial charge in [-0.15, -0.1) is 34.2 Å². The molecule has 2 aromatic rings. The highest BCUT2D eigenvalue weighted by Gasteiger charge is 2.10. The van der Waals surface area contributed by atoms with Gasteiger partial charge in [0.25, 0.3) is 0 Å². The van der Waals surface area contributed by atoms with E-state index in [1.165, 1.54) is 0 Å². The molecule has 3 rings (SSSR count). The SMILES string of the molecule is CCc1nncn1CCN=C(N)Nc1ccc2c(c1)OCCCO2.I. The second kappa shape index (κ2) is 9.44. The Morgan fingerprint density at radius 3 is 2.92 bits per heavy atom. The second-order valence-corrected chi connectivity index (χ2v) is 5.40. The molecule has 25 heavy (non-hydrogen) atoms. The molecule has 0 atom stereocenters. The molecule has 0 bridgehead atoms. The third-order valence-electron chi connectivity index (χ3n) is 3.65. The van der Waals surface area contributed by atoms with E-state index in [1.807, 2.05) is 29.7 Å². The minimum atomic E-state index is 0. The van der Waals surface area contributed by atoms with E-state index in [1.54, 1.807) is 6.33 Å². The first-order valence-electron chi connectivity index (χ1n) is 8.09. The number of hydrogen-bond donors (Lipinski definition) is 2. The number of anilines is 1. The van der Waals surface area contributed by atoms with Crippen molar-refractivity contribution in [3.63, 3.8) is 0 Å². The van der Waals surface area contributed by atoms with Crippen molar-refractivity contribution >= 4 is 35.6 Å². The van der Waals surface area contributed by atoms with E-state index >= 15 is 0 Å². The largest absolute Gasteiger partial charge is 0.490 e. The van der Waals surface area contributed by atoms with Crippen molar-refractivity contribution in [1.29, 1.82) is 0 Å². The van der Waals surface area contributed by atoms with Gasteiger partial charge in [0.1, 0.15) is 12.2 Å². The van der Waals surface area contributed by atoms with E-state index in [4.69, 9.17) is 15.2 Å². The number of ether oxygens (including phenoxy) is 2. The van der Waals surface area contributed by atoms with Crippen molar-refractivity contribution in [2.75, 3.05) is 25.1 Å². The predicted molar refractivity (Wildman–Crippen MR) is 107 cm³/mol. The van der Waals surface area contributed by atoms with Gasteiger partial charge in [0.15, 0.2) is 17.5 Å². The van der Waals surface area contributed by atoms with Gasteiger partial charge in [0.2, 0.25) is 0 Å². The average molecular weight is 458 g/mol. The number of nitrogens with two attached hydrogens (primary N) is 1. The van der Waals surface area contributed by atoms with Crippen molar-refractivity contribution in [2.24, 2.45) is 10.7 Å². The van der Waals surface area contributed by atoms with E-state index < -0.39 is 0 Å². The van der Waals surface area contributed by atoms with E-state index in [9.17, 15) is 0 Å². The summed E-state index contributed by atoms with van der Waals surface area (Å²) in [5.41, 5.74) is 6.77. The highest BCUT2D eigenvalue weighted by atomic mass is 127. The molecule has 1 aromatic heterocycles. The Morgan fingerprint density at radius 2 is 2.12 bits per heavy atom. The maximum Gasteiger partial charge on any atom is 0.193 e. The van der Waals surface area contributed by atoms with E-state index in [-0.39, 0.29) is 24.0 Å². The van der Waals surface area contributed by atoms with Gasteiger partial charge in [-0.05, 0) is 12.1 Å². The second-order valence-electron chi connectivity index (χ2n) is 5.40. The fourth-order valence-electron chi connectivity index (χ4n) is 2.45. The van der Waals surface area contributed by atoms with Crippen LogP contribution in [0.4, 0.5) is 5.69 Å². The molecule has 0 saturated carbocycles. The monoisotopic (exact) mass is 458 g/mol. The van der Waals surface area contributed by atoms with Crippen molar-refractivity contribution in [3.8, 4) is 11.5 Å². The van der Waals surface area contributed by atoms with Crippen LogP contribution >= 0.6 is 24.0 Å². The van der Waals surface area contributed by atoms with Crippen molar-refractivity contribution in [2.45, 2.75) is 26.3 Å². The molecule has 0 unspecified atom stereocenters. The van der Waals surface area contributed by atoms with Gasteiger partial charge in [-0.2, -0.15) is 0 Å². The van der Waals surface area contributed by atoms with Crippen LogP contribution in [0.25, 0.3) is 0 Å². The minimum Gasteiger partial charge on any atom is -0.490 e. The van der Waals surface area contributed by atoms with Crippen LogP contribution < -0.4 is 20.5 Å². The Morgan fingerprint density at radius 1 is 1.32 bits per heavy atom. The Hall–Kier alpha value is -2.04. The molecule has 136 valence electrons. The number of guanidine groups is 1. The number of halogens is 1. The van der Waals surface area contributed by atoms with Gasteiger partial charge >= 0.3 is 0 Å². The first kappa shape index (κ1) is 19.3. The summed E-state index contributed by atoms with van der Waals surface area (Å²) in [6.07, 6.45) is 3.43. The number of aliphatic imine (C=N–C) groups is 1. The maximum absolute atomic E-state index is 5.95. The molecule has 3 N–H and O–H groups in total. The highest BCUT2D eigenvalue weighted by Crippen LogP contribution is 2.32. The molecule has 1 aliphatic rings. The standard InChI is InChI=1S/C16H22N6O2.HI/c1-2-15-21-19-11-22(15)7-6-18-16(17)20-12-4-5-13-14(10-12)24-9-3-8-23-13;/h4-5,10-11H,2-3,6-9H2,1H3,(H3,17,18,20);1H. The summed E-state index contributed by atoms with van der Waals surface area (Å²) in [4.78, 5) is 4.34. The number of nitrogens with zero attached hydrogens (tertiary/aromatic N) is 4. The molecule has 1 aromatic carbocycles. The van der Waals surface area contributed by atoms with Crippen LogP contribution in [0.1, 0.15) is 19.2 Å². The summed E-state index contributed by atoms with van der Waals surface area (Å²) in [5, 5.41) is 11.0. The lowest BCUT2D eigenvalue weighted by Gasteiger charge is -2.11. The Balaban J connectivity index is 0.00000225. The Bertz CT molecular complexity index is 718. The van der Waals surface area contributed by atoms with Gasteiger partial charge in [-0.3, -0.25) is 4.99 Å². The lowest BCUT2D eigenvalue weighted by Crippen LogP contribution is -2.23. The summed E-state index contributed by atoms with van der Waals surface area (Å²) in [5.74, 6) is 2.78. The van der Waals surface area contributed by atoms with Gasteiger partial charge in [0.05, 0.1) is 19.8 Å². The smallest absolute Gasteiger partial charge is 0.193 e. The number of benzene rings is 1. The van der Waals surface area contributed by atoms with Crippen LogP contribution in [0, 0.1) is 0 Å². The van der Waals surface area contributed by atoms with Gasteiger partial charge in [-0.1, -0.05) is 6.92 Å². The van der Waals surface area contributed by atoms with Gasteiger partial charge < -0.3 is 25.1 Å². The highest BCUT2D eigenvalue weighted by molar-refractivity contribution is 14.0. The van der Waals surface area contributed by atoms with E-state index in [2.05, 4.69) is 20.5 Å². The summed E-state index contributed by atoms with van der Waals surface area (Å²) >= 11 is 0. The molecule has 2 heterocycles. The first-order valence-corrected chi connectivity index (χ1v) is 8.09. The topological polar surface area (TPSA) is 99.6 Å². The van der Waals surface area contributed by atoms with Crippen LogP contribution in [0.5, 0.6) is 11.5 Å². The fourth-order valence-corrected chi connectivity index (χ4v) is 2.45. The molecule has 0 fully saturated rings. The first-order chi connectivity index (χ1) is 11.8. The van der Waals surface area contributed by atoms with E-state index in [0.717, 1.165) is 35.9 Å². The third kappa shape index (κ3) is 5.21. The van der Waals surface area contributed by atoms with Crippen LogP contribution in [-0.2, 0) is 13.0 Å². The average Bonchev–Trinajstić information content (AvgIpc) is 2.90. The molecule has 8 nitrogen and oxygen atoms in total. The fraction of sp³-hybridized carbons (Fsp3) is 0.438. The maximum atomic E-state index is 5.95. The molecule has 9 heteroatoms. The van der Waals surface area contributed by atoms with Crippen LogP contribution in [0.3, 0.4) is 0 Å². The van der Waals surface area contributed by atoms with Crippen molar-refractivity contribution in [1.82, 2.24) is 14.8 Å². The number of fused-ring (bicyclic) bond motifs is 1. The molecule has 0 radical (unpaired) electrons. The summed E-state index contributed by atoms with van der Waals surface area (Å²) in [6, 6.07) is 5.64. The Labute approximate surface area is 163 Å². The van der Waals surface area contributed by atoms with Crippen LogP contribution in [0.2, 0.25) is 0 Å². The minimum absolute atomic E-state index is 0. The zero-order valence-electron chi connectivity index (χ0n) is 14.1. The van der Waals surface area contributed by atoms with Crippen LogP contribution in [-0.4, -0.2) is 40.5 Å². The molecule has 1 aliphatic heterocycles. The zero-order chi connectivity index (χ0) is 16.8. The van der Waals surface area contributed by atoms with Gasteiger partial charge in [-0.25, -0.2) is 0 Å². The van der Waals surface area contributed by atoms with Gasteiger partial charge in [0, 0.05) is 31.1 Å². The van der Waals surface area contributed by atoms with Crippen molar-refractivity contribution in [3.05, 3.63) is 30.4 Å². The quantitative estimate of drug-likeness (QED) is 0.404. The van der Waals surface area contributed by atoms with E-state index in [0.29, 0.717) is 32.3 Å². The number of hydrogen-bond acceptors (Lipinski definition) is 5. The number of aromatic nitrogens is 3. The number of rotatable bonds is 5. The normalized spacial score (nSPS) is 13.7. The molecule has 0 saturated heterocycles. The molecule has 0 amide bonds. The number of nitrogens with one attached hydrogen (secondary N) is 1. The zero-order valence-corrected chi connectivity index (χ0v) is 16.5.